The predicted octanol–water partition coefficient (Wildman–Crippen LogP) is 4.10. The quantitative estimate of drug-likeness (QED) is 0.292. The number of halogens is 1. The molecule has 3 aromatic carbocycles. The third-order valence-electron chi connectivity index (χ3n) is 8.41. The molecule has 0 unspecified atom stereocenters. The Balaban J connectivity index is 1.36. The number of anilines is 1. The van der Waals surface area contributed by atoms with Crippen LogP contribution in [-0.2, 0) is 11.3 Å². The van der Waals surface area contributed by atoms with Crippen LogP contribution in [0.4, 0.5) is 10.3 Å². The van der Waals surface area contributed by atoms with E-state index in [-0.39, 0.29) is 55.5 Å². The SMILES string of the molecule is COc1ccc2cc1-c1cccc(c1)OCC(=O)NCc1cc(F)cc(c1)O[C@@H]1CCN(C(=O)c3cc(C(C)C)nc(N)n3)C[C@H]1NC2=O. The lowest BCUT2D eigenvalue weighted by Gasteiger charge is -2.38. The molecule has 3 amide bonds. The van der Waals surface area contributed by atoms with Crippen molar-refractivity contribution in [3.63, 3.8) is 0 Å². The van der Waals surface area contributed by atoms with Crippen LogP contribution in [-0.4, -0.2) is 71.5 Å². The van der Waals surface area contributed by atoms with E-state index in [0.29, 0.717) is 45.9 Å². The number of methoxy groups -OCH3 is 1. The van der Waals surface area contributed by atoms with Gasteiger partial charge in [0.2, 0.25) is 5.95 Å². The first-order valence-corrected chi connectivity index (χ1v) is 15.9. The standard InChI is InChI=1S/C36H37FN6O6/c1-20(2)28-16-29(42-36(38)41-28)35(46)43-10-9-32-30(18-43)40-34(45)23-7-8-31(47-3)27(14-23)22-5-4-6-25(13-22)48-19-33(44)39-17-21-11-24(37)15-26(12-21)49-32/h4-8,11-16,20,30,32H,9-10,17-19H2,1-3H3,(H,39,44)(H,40,45)(H2,38,41,42)/t30-,32-/m1/s1. The molecule has 1 fully saturated rings. The minimum atomic E-state index is -0.704. The number of carbonyl (C=O) groups excluding carboxylic acids is 3. The highest BCUT2D eigenvalue weighted by molar-refractivity contribution is 5.97. The summed E-state index contributed by atoms with van der Waals surface area (Å²) in [5.74, 6) is -0.524. The van der Waals surface area contributed by atoms with E-state index in [0.717, 1.165) is 0 Å². The Hall–Kier alpha value is -5.72. The zero-order valence-corrected chi connectivity index (χ0v) is 27.4. The van der Waals surface area contributed by atoms with E-state index in [1.807, 2.05) is 19.9 Å². The van der Waals surface area contributed by atoms with Gasteiger partial charge in [0.05, 0.1) is 13.2 Å². The summed E-state index contributed by atoms with van der Waals surface area (Å²) in [5, 5.41) is 5.81. The molecule has 0 radical (unpaired) electrons. The van der Waals surface area contributed by atoms with Gasteiger partial charge in [-0.3, -0.25) is 14.4 Å². The molecule has 49 heavy (non-hydrogen) atoms. The van der Waals surface area contributed by atoms with E-state index in [1.54, 1.807) is 53.4 Å². The van der Waals surface area contributed by atoms with E-state index in [2.05, 4.69) is 20.6 Å². The molecule has 3 heterocycles. The number of nitrogens with zero attached hydrogens (tertiary/aromatic N) is 3. The number of nitrogens with two attached hydrogens (primary N) is 1. The zero-order valence-electron chi connectivity index (χ0n) is 27.4. The molecular weight excluding hydrogens is 631 g/mol. The number of benzene rings is 3. The van der Waals surface area contributed by atoms with E-state index in [4.69, 9.17) is 19.9 Å². The van der Waals surface area contributed by atoms with Gasteiger partial charge >= 0.3 is 0 Å². The van der Waals surface area contributed by atoms with E-state index < -0.39 is 29.8 Å². The molecule has 2 atom stereocenters. The van der Waals surface area contributed by atoms with E-state index in [9.17, 15) is 18.8 Å². The van der Waals surface area contributed by atoms with Crippen molar-refractivity contribution in [1.82, 2.24) is 25.5 Å². The van der Waals surface area contributed by atoms with Crippen LogP contribution in [0, 0.1) is 5.82 Å². The molecular formula is C36H37FN6O6. The molecule has 6 bridgehead atoms. The topological polar surface area (TPSA) is 158 Å². The van der Waals surface area contributed by atoms with Crippen LogP contribution < -0.4 is 30.6 Å². The number of piperidine rings is 1. The van der Waals surface area contributed by atoms with Gasteiger partial charge in [0.15, 0.2) is 6.61 Å². The smallest absolute Gasteiger partial charge is 0.272 e. The number of likely N-dealkylation sites (tertiary alicyclic amines) is 1. The van der Waals surface area contributed by atoms with Crippen LogP contribution in [0.25, 0.3) is 11.1 Å². The number of hydrogen-bond donors (Lipinski definition) is 3. The van der Waals surface area contributed by atoms with Crippen molar-refractivity contribution in [1.29, 1.82) is 0 Å². The van der Waals surface area contributed by atoms with Crippen molar-refractivity contribution in [2.75, 3.05) is 32.5 Å². The van der Waals surface area contributed by atoms with Crippen LogP contribution >= 0.6 is 0 Å². The number of hydrogen-bond acceptors (Lipinski definition) is 9. The summed E-state index contributed by atoms with van der Waals surface area (Å²) in [6.07, 6.45) is -0.321. The number of fused-ring (bicyclic) bond motifs is 8. The molecule has 4 aromatic rings. The van der Waals surface area contributed by atoms with Gasteiger partial charge < -0.3 is 35.5 Å². The Bertz CT molecular complexity index is 1900. The highest BCUT2D eigenvalue weighted by Gasteiger charge is 2.35. The van der Waals surface area contributed by atoms with E-state index in [1.165, 1.54) is 19.2 Å². The molecule has 2 aliphatic rings. The summed E-state index contributed by atoms with van der Waals surface area (Å²) in [7, 11) is 1.54. The summed E-state index contributed by atoms with van der Waals surface area (Å²) in [4.78, 5) is 50.3. The Morgan fingerprint density at radius 2 is 1.88 bits per heavy atom. The number of carbonyl (C=O) groups is 3. The van der Waals surface area contributed by atoms with Crippen LogP contribution in [0.5, 0.6) is 17.2 Å². The molecule has 1 saturated heterocycles. The molecule has 0 saturated carbocycles. The van der Waals surface area contributed by atoms with Gasteiger partial charge in [0.1, 0.15) is 34.9 Å². The number of aromatic nitrogens is 2. The first kappa shape index (κ1) is 33.2. The fourth-order valence-corrected chi connectivity index (χ4v) is 5.89. The number of ether oxygens (including phenoxy) is 3. The van der Waals surface area contributed by atoms with Crippen molar-refractivity contribution in [3.8, 4) is 28.4 Å². The average molecular weight is 669 g/mol. The highest BCUT2D eigenvalue weighted by Crippen LogP contribution is 2.33. The average Bonchev–Trinajstić information content (AvgIpc) is 3.09. The summed E-state index contributed by atoms with van der Waals surface area (Å²) < 4.78 is 32.4. The summed E-state index contributed by atoms with van der Waals surface area (Å²) in [5.41, 5.74) is 8.87. The van der Waals surface area contributed by atoms with Crippen molar-refractivity contribution < 1.29 is 33.0 Å². The number of nitrogens with one attached hydrogen (secondary N) is 2. The monoisotopic (exact) mass is 668 g/mol. The number of rotatable bonds is 3. The molecule has 254 valence electrons. The van der Waals surface area contributed by atoms with Crippen molar-refractivity contribution in [3.05, 3.63) is 95.1 Å². The second-order valence-electron chi connectivity index (χ2n) is 12.3. The van der Waals surface area contributed by atoms with Gasteiger partial charge in [0, 0.05) is 48.9 Å². The van der Waals surface area contributed by atoms with Crippen molar-refractivity contribution >= 4 is 23.7 Å². The molecule has 13 heteroatoms. The highest BCUT2D eigenvalue weighted by atomic mass is 19.1. The van der Waals surface area contributed by atoms with E-state index >= 15 is 0 Å². The van der Waals surface area contributed by atoms with Gasteiger partial charge in [-0.1, -0.05) is 26.0 Å². The van der Waals surface area contributed by atoms with Crippen LogP contribution in [0.2, 0.25) is 0 Å². The van der Waals surface area contributed by atoms with Crippen molar-refractivity contribution in [2.24, 2.45) is 0 Å². The molecule has 1 aromatic heterocycles. The lowest BCUT2D eigenvalue weighted by atomic mass is 9.98. The minimum Gasteiger partial charge on any atom is -0.496 e. The molecule has 4 N–H and O–H groups in total. The zero-order chi connectivity index (χ0) is 34.7. The largest absolute Gasteiger partial charge is 0.496 e. The minimum absolute atomic E-state index is 0.00139. The Morgan fingerprint density at radius 1 is 1.04 bits per heavy atom. The third kappa shape index (κ3) is 7.72. The molecule has 12 nitrogen and oxygen atoms in total. The van der Waals surface area contributed by atoms with Crippen LogP contribution in [0.15, 0.2) is 66.7 Å². The number of amides is 3. The summed E-state index contributed by atoms with van der Waals surface area (Å²) in [6, 6.07) is 17.2. The van der Waals surface area contributed by atoms with Crippen LogP contribution in [0.3, 0.4) is 0 Å². The summed E-state index contributed by atoms with van der Waals surface area (Å²) in [6.45, 7) is 4.01. The second-order valence-corrected chi connectivity index (χ2v) is 12.3. The molecule has 0 aliphatic carbocycles. The normalized spacial score (nSPS) is 18.0. The maximum absolute atomic E-state index is 14.8. The molecule has 0 spiro atoms. The van der Waals surface area contributed by atoms with Crippen LogP contribution in [0.1, 0.15) is 58.3 Å². The second kappa shape index (κ2) is 14.2. The molecule has 2 aliphatic heterocycles. The lowest BCUT2D eigenvalue weighted by Crippen LogP contribution is -2.58. The lowest BCUT2D eigenvalue weighted by molar-refractivity contribution is -0.123. The Labute approximate surface area is 282 Å². The fourth-order valence-electron chi connectivity index (χ4n) is 5.89. The van der Waals surface area contributed by atoms with Gasteiger partial charge in [-0.25, -0.2) is 14.4 Å². The first-order chi connectivity index (χ1) is 23.6. The first-order valence-electron chi connectivity index (χ1n) is 15.9. The van der Waals surface area contributed by atoms with Gasteiger partial charge in [-0.2, -0.15) is 0 Å². The third-order valence-corrected chi connectivity index (χ3v) is 8.41. The van der Waals surface area contributed by atoms with Gasteiger partial charge in [-0.05, 0) is 65.6 Å². The van der Waals surface area contributed by atoms with Crippen molar-refractivity contribution in [2.45, 2.75) is 44.9 Å². The Kier molecular flexibility index (Phi) is 9.61. The van der Waals surface area contributed by atoms with Gasteiger partial charge in [-0.15, -0.1) is 0 Å². The maximum atomic E-state index is 14.8. The molecule has 6 rings (SSSR count). The van der Waals surface area contributed by atoms with Gasteiger partial charge in [0.25, 0.3) is 17.7 Å². The fraction of sp³-hybridized carbons (Fsp3) is 0.306. The summed E-state index contributed by atoms with van der Waals surface area (Å²) >= 11 is 0. The Morgan fingerprint density at radius 3 is 2.67 bits per heavy atom. The predicted molar refractivity (Wildman–Crippen MR) is 179 cm³/mol. The number of nitrogen functional groups attached to an aromatic ring is 1. The maximum Gasteiger partial charge on any atom is 0.272 e.